The molecule has 1 saturated carbocycles. The molecule has 0 bridgehead atoms. The van der Waals surface area contributed by atoms with Gasteiger partial charge in [-0.25, -0.2) is 4.98 Å². The zero-order valence-electron chi connectivity index (χ0n) is 12.1. The standard InChI is InChI=1S/C15H21ClN4/c1-11(19(2)12-3-4-12)10-20-14-6-8-17-9-13(14)18-15(20)5-7-16/h6,8-9,11-12H,3-5,7,10H2,1-2H3. The van der Waals surface area contributed by atoms with Crippen molar-refractivity contribution in [3.05, 3.63) is 24.3 Å². The predicted molar refractivity (Wildman–Crippen MR) is 82.2 cm³/mol. The molecule has 3 rings (SSSR count). The van der Waals surface area contributed by atoms with Crippen LogP contribution in [0.4, 0.5) is 0 Å². The van der Waals surface area contributed by atoms with Crippen molar-refractivity contribution >= 4 is 22.6 Å². The van der Waals surface area contributed by atoms with Gasteiger partial charge >= 0.3 is 0 Å². The molecule has 0 amide bonds. The Morgan fingerprint density at radius 2 is 2.30 bits per heavy atom. The van der Waals surface area contributed by atoms with Gasteiger partial charge in [0.15, 0.2) is 0 Å². The van der Waals surface area contributed by atoms with Crippen LogP contribution in [0.25, 0.3) is 11.0 Å². The molecule has 2 aromatic rings. The molecule has 0 saturated heterocycles. The minimum Gasteiger partial charge on any atom is -0.326 e. The van der Waals surface area contributed by atoms with E-state index in [9.17, 15) is 0 Å². The topological polar surface area (TPSA) is 34.0 Å². The molecular formula is C15H21ClN4. The van der Waals surface area contributed by atoms with E-state index in [0.29, 0.717) is 11.9 Å². The lowest BCUT2D eigenvalue weighted by molar-refractivity contribution is 0.226. The Morgan fingerprint density at radius 3 is 3.00 bits per heavy atom. The molecular weight excluding hydrogens is 272 g/mol. The normalized spacial score (nSPS) is 17.0. The van der Waals surface area contributed by atoms with Gasteiger partial charge in [0.25, 0.3) is 0 Å². The van der Waals surface area contributed by atoms with Crippen molar-refractivity contribution in [3.63, 3.8) is 0 Å². The number of pyridine rings is 1. The fraction of sp³-hybridized carbons (Fsp3) is 0.600. The molecule has 1 aliphatic rings. The number of aryl methyl sites for hydroxylation is 1. The van der Waals surface area contributed by atoms with Crippen molar-refractivity contribution < 1.29 is 0 Å². The molecule has 0 N–H and O–H groups in total. The number of halogens is 1. The van der Waals surface area contributed by atoms with E-state index in [0.717, 1.165) is 35.9 Å². The molecule has 1 aliphatic carbocycles. The first-order chi connectivity index (χ1) is 9.70. The van der Waals surface area contributed by atoms with E-state index in [1.54, 1.807) is 0 Å². The highest BCUT2D eigenvalue weighted by atomic mass is 35.5. The second-order valence-corrected chi connectivity index (χ2v) is 6.07. The number of hydrogen-bond donors (Lipinski definition) is 0. The third-order valence-corrected chi connectivity index (χ3v) is 4.40. The summed E-state index contributed by atoms with van der Waals surface area (Å²) in [5, 5.41) is 0. The van der Waals surface area contributed by atoms with Crippen molar-refractivity contribution in [3.8, 4) is 0 Å². The first kappa shape index (κ1) is 13.8. The summed E-state index contributed by atoms with van der Waals surface area (Å²) in [5.41, 5.74) is 2.13. The maximum atomic E-state index is 5.92. The van der Waals surface area contributed by atoms with Gasteiger partial charge in [0.05, 0.1) is 11.7 Å². The maximum absolute atomic E-state index is 5.92. The fourth-order valence-corrected chi connectivity index (χ4v) is 2.91. The zero-order valence-corrected chi connectivity index (χ0v) is 12.8. The summed E-state index contributed by atoms with van der Waals surface area (Å²) in [6.07, 6.45) is 7.14. The summed E-state index contributed by atoms with van der Waals surface area (Å²) in [5.74, 6) is 1.67. The first-order valence-electron chi connectivity index (χ1n) is 7.27. The number of likely N-dealkylation sites (N-methyl/N-ethyl adjacent to an activating group) is 1. The van der Waals surface area contributed by atoms with Gasteiger partial charge in [0.2, 0.25) is 0 Å². The van der Waals surface area contributed by atoms with Crippen LogP contribution in [0.2, 0.25) is 0 Å². The monoisotopic (exact) mass is 292 g/mol. The third-order valence-electron chi connectivity index (χ3n) is 4.21. The van der Waals surface area contributed by atoms with Crippen molar-refractivity contribution in [1.29, 1.82) is 0 Å². The molecule has 0 aromatic carbocycles. The van der Waals surface area contributed by atoms with Gasteiger partial charge < -0.3 is 4.57 Å². The van der Waals surface area contributed by atoms with Crippen molar-refractivity contribution in [2.75, 3.05) is 12.9 Å². The Balaban J connectivity index is 1.89. The summed E-state index contributed by atoms with van der Waals surface area (Å²) >= 11 is 5.92. The number of nitrogens with zero attached hydrogens (tertiary/aromatic N) is 4. The summed E-state index contributed by atoms with van der Waals surface area (Å²) in [6, 6.07) is 3.32. The lowest BCUT2D eigenvalue weighted by Crippen LogP contribution is -2.34. The molecule has 0 radical (unpaired) electrons. The Bertz CT molecular complexity index is 591. The van der Waals surface area contributed by atoms with Crippen molar-refractivity contribution in [2.45, 2.75) is 44.8 Å². The van der Waals surface area contributed by atoms with E-state index in [4.69, 9.17) is 11.6 Å². The summed E-state index contributed by atoms with van der Waals surface area (Å²) in [6.45, 7) is 3.25. The highest BCUT2D eigenvalue weighted by Crippen LogP contribution is 2.28. The molecule has 108 valence electrons. The number of rotatable bonds is 6. The van der Waals surface area contributed by atoms with Gasteiger partial charge in [-0.3, -0.25) is 9.88 Å². The Labute approximate surface area is 124 Å². The van der Waals surface area contributed by atoms with Gasteiger partial charge in [0, 0.05) is 37.1 Å². The average Bonchev–Trinajstić information content (AvgIpc) is 3.24. The Morgan fingerprint density at radius 1 is 1.50 bits per heavy atom. The summed E-state index contributed by atoms with van der Waals surface area (Å²) in [4.78, 5) is 11.3. The van der Waals surface area contributed by atoms with Gasteiger partial charge in [-0.1, -0.05) is 0 Å². The molecule has 0 aliphatic heterocycles. The fourth-order valence-electron chi connectivity index (χ4n) is 2.75. The van der Waals surface area contributed by atoms with Crippen LogP contribution < -0.4 is 0 Å². The van der Waals surface area contributed by atoms with Crippen LogP contribution >= 0.6 is 11.6 Å². The maximum Gasteiger partial charge on any atom is 0.111 e. The molecule has 1 atom stereocenters. The highest BCUT2D eigenvalue weighted by Gasteiger charge is 2.29. The van der Waals surface area contributed by atoms with Crippen LogP contribution in [-0.2, 0) is 13.0 Å². The van der Waals surface area contributed by atoms with Crippen LogP contribution in [0, 0.1) is 0 Å². The van der Waals surface area contributed by atoms with Gasteiger partial charge in [0.1, 0.15) is 11.3 Å². The van der Waals surface area contributed by atoms with E-state index in [1.165, 1.54) is 12.8 Å². The minimum absolute atomic E-state index is 0.502. The lowest BCUT2D eigenvalue weighted by Gasteiger charge is -2.25. The lowest BCUT2D eigenvalue weighted by atomic mass is 10.2. The first-order valence-corrected chi connectivity index (χ1v) is 7.81. The predicted octanol–water partition coefficient (Wildman–Crippen LogP) is 2.70. The molecule has 4 nitrogen and oxygen atoms in total. The Kier molecular flexibility index (Phi) is 3.94. The average molecular weight is 293 g/mol. The largest absolute Gasteiger partial charge is 0.326 e. The molecule has 20 heavy (non-hydrogen) atoms. The minimum atomic E-state index is 0.502. The van der Waals surface area contributed by atoms with E-state index < -0.39 is 0 Å². The zero-order chi connectivity index (χ0) is 14.1. The smallest absolute Gasteiger partial charge is 0.111 e. The van der Waals surface area contributed by atoms with Crippen LogP contribution in [0.3, 0.4) is 0 Å². The van der Waals surface area contributed by atoms with E-state index in [-0.39, 0.29) is 0 Å². The van der Waals surface area contributed by atoms with Crippen LogP contribution in [0.5, 0.6) is 0 Å². The van der Waals surface area contributed by atoms with Crippen LogP contribution in [-0.4, -0.2) is 44.4 Å². The third kappa shape index (κ3) is 2.67. The second kappa shape index (κ2) is 5.70. The summed E-state index contributed by atoms with van der Waals surface area (Å²) < 4.78 is 2.31. The van der Waals surface area contributed by atoms with Crippen LogP contribution in [0.1, 0.15) is 25.6 Å². The van der Waals surface area contributed by atoms with E-state index >= 15 is 0 Å². The molecule has 1 fully saturated rings. The van der Waals surface area contributed by atoms with Gasteiger partial charge in [-0.15, -0.1) is 11.6 Å². The molecule has 2 aromatic heterocycles. The summed E-state index contributed by atoms with van der Waals surface area (Å²) in [7, 11) is 2.23. The molecule has 2 heterocycles. The van der Waals surface area contributed by atoms with E-state index in [1.807, 2.05) is 18.5 Å². The molecule has 1 unspecified atom stereocenters. The Hall–Kier alpha value is -1.13. The highest BCUT2D eigenvalue weighted by molar-refractivity contribution is 6.17. The van der Waals surface area contributed by atoms with Crippen molar-refractivity contribution in [2.24, 2.45) is 0 Å². The van der Waals surface area contributed by atoms with Crippen LogP contribution in [0.15, 0.2) is 18.5 Å². The van der Waals surface area contributed by atoms with Gasteiger partial charge in [-0.05, 0) is 32.9 Å². The quantitative estimate of drug-likeness (QED) is 0.768. The van der Waals surface area contributed by atoms with E-state index in [2.05, 4.69) is 33.4 Å². The molecule has 0 spiro atoms. The SMILES string of the molecule is CC(Cn1c(CCCl)nc2cnccc21)N(C)C1CC1. The number of fused-ring (bicyclic) bond motifs is 1. The van der Waals surface area contributed by atoms with Gasteiger partial charge in [-0.2, -0.15) is 0 Å². The van der Waals surface area contributed by atoms with Crippen molar-refractivity contribution in [1.82, 2.24) is 19.4 Å². The number of hydrogen-bond acceptors (Lipinski definition) is 3. The molecule has 5 heteroatoms. The number of alkyl halides is 1. The second-order valence-electron chi connectivity index (χ2n) is 5.69. The number of imidazole rings is 1. The number of aromatic nitrogens is 3.